The molecule has 0 amide bonds. The molecule has 0 aromatic heterocycles. The fourth-order valence-electron chi connectivity index (χ4n) is 4.02. The van der Waals surface area contributed by atoms with E-state index >= 15 is 0 Å². The molecule has 164 valence electrons. The minimum atomic E-state index is -0.758. The van der Waals surface area contributed by atoms with Crippen LogP contribution in [0, 0.1) is 0 Å². The van der Waals surface area contributed by atoms with E-state index in [2.05, 4.69) is 0 Å². The molecule has 0 bridgehead atoms. The Labute approximate surface area is 182 Å². The zero-order valence-electron chi connectivity index (χ0n) is 18.5. The second-order valence-corrected chi connectivity index (χ2v) is 9.21. The molecule has 0 spiro atoms. The van der Waals surface area contributed by atoms with E-state index in [4.69, 9.17) is 14.2 Å². The van der Waals surface area contributed by atoms with Crippen molar-refractivity contribution in [1.29, 1.82) is 0 Å². The Bertz CT molecular complexity index is 1080. The molecule has 6 heteroatoms. The summed E-state index contributed by atoms with van der Waals surface area (Å²) in [4.78, 5) is 13.1. The Morgan fingerprint density at radius 3 is 2.61 bits per heavy atom. The third-order valence-electron chi connectivity index (χ3n) is 5.89. The molecule has 1 atom stereocenters. The summed E-state index contributed by atoms with van der Waals surface area (Å²) in [7, 11) is 1.56. The number of carbonyl (C=O) groups excluding carboxylic acids is 1. The van der Waals surface area contributed by atoms with Crippen LogP contribution in [0.15, 0.2) is 30.3 Å². The Kier molecular flexibility index (Phi) is 5.01. The number of aromatic hydroxyl groups is 1. The standard InChI is InChI=1S/C25H28O6/c1-24(2)9-8-16-20(30-24)7-6-14(23(16)29-5)11-18(26)17-10-15-12-22(28)25(3,4)31-21(15)13-19(17)27/h6-10,13,22,27-28H,11-12H2,1-5H3. The van der Waals surface area contributed by atoms with E-state index in [1.807, 2.05) is 38.1 Å². The van der Waals surface area contributed by atoms with Crippen molar-refractivity contribution in [1.82, 2.24) is 0 Å². The molecule has 0 saturated carbocycles. The van der Waals surface area contributed by atoms with E-state index in [0.29, 0.717) is 34.8 Å². The lowest BCUT2D eigenvalue weighted by atomic mass is 9.89. The van der Waals surface area contributed by atoms with Crippen molar-refractivity contribution in [3.63, 3.8) is 0 Å². The van der Waals surface area contributed by atoms with Gasteiger partial charge in [-0.1, -0.05) is 6.07 Å². The number of phenols is 1. The zero-order valence-corrected chi connectivity index (χ0v) is 18.5. The van der Waals surface area contributed by atoms with E-state index in [1.165, 1.54) is 6.07 Å². The molecule has 2 aromatic rings. The summed E-state index contributed by atoms with van der Waals surface area (Å²) < 4.78 is 17.4. The summed E-state index contributed by atoms with van der Waals surface area (Å²) in [6.07, 6.45) is 3.59. The third kappa shape index (κ3) is 3.88. The van der Waals surface area contributed by atoms with E-state index in [-0.39, 0.29) is 23.5 Å². The summed E-state index contributed by atoms with van der Waals surface area (Å²) in [5, 5.41) is 20.8. The van der Waals surface area contributed by atoms with Crippen molar-refractivity contribution in [3.8, 4) is 23.0 Å². The normalized spacial score (nSPS) is 20.1. The van der Waals surface area contributed by atoms with Crippen LogP contribution in [-0.2, 0) is 12.8 Å². The van der Waals surface area contributed by atoms with Crippen LogP contribution in [0.1, 0.15) is 54.7 Å². The number of rotatable bonds is 4. The largest absolute Gasteiger partial charge is 0.507 e. The highest BCUT2D eigenvalue weighted by Gasteiger charge is 2.36. The van der Waals surface area contributed by atoms with Crippen molar-refractivity contribution < 1.29 is 29.2 Å². The molecule has 1 unspecified atom stereocenters. The number of fused-ring (bicyclic) bond motifs is 2. The maximum absolute atomic E-state index is 13.1. The summed E-state index contributed by atoms with van der Waals surface area (Å²) >= 11 is 0. The summed E-state index contributed by atoms with van der Waals surface area (Å²) in [6.45, 7) is 7.52. The van der Waals surface area contributed by atoms with E-state index in [1.54, 1.807) is 27.0 Å². The predicted molar refractivity (Wildman–Crippen MR) is 117 cm³/mol. The molecule has 4 rings (SSSR count). The second kappa shape index (κ2) is 7.31. The first kappa shape index (κ1) is 21.2. The minimum absolute atomic E-state index is 0.0505. The van der Waals surface area contributed by atoms with Crippen LogP contribution >= 0.6 is 0 Å². The van der Waals surface area contributed by atoms with Crippen molar-refractivity contribution in [2.24, 2.45) is 0 Å². The average molecular weight is 424 g/mol. The molecule has 2 aliphatic heterocycles. The van der Waals surface area contributed by atoms with Crippen LogP contribution < -0.4 is 14.2 Å². The number of hydrogen-bond acceptors (Lipinski definition) is 6. The molecule has 0 radical (unpaired) electrons. The quantitative estimate of drug-likeness (QED) is 0.720. The summed E-state index contributed by atoms with van der Waals surface area (Å²) in [5.74, 6) is 1.37. The highest BCUT2D eigenvalue weighted by Crippen LogP contribution is 2.41. The maximum atomic E-state index is 13.1. The van der Waals surface area contributed by atoms with Gasteiger partial charge in [0, 0.05) is 24.5 Å². The predicted octanol–water partition coefficient (Wildman–Crippen LogP) is 4.08. The smallest absolute Gasteiger partial charge is 0.171 e. The monoisotopic (exact) mass is 424 g/mol. The molecule has 2 heterocycles. The van der Waals surface area contributed by atoms with Gasteiger partial charge in [0.05, 0.1) is 24.3 Å². The molecule has 6 nitrogen and oxygen atoms in total. The number of aliphatic hydroxyl groups is 1. The molecule has 2 aromatic carbocycles. The highest BCUT2D eigenvalue weighted by atomic mass is 16.5. The van der Waals surface area contributed by atoms with Crippen LogP contribution in [0.5, 0.6) is 23.0 Å². The Morgan fingerprint density at radius 1 is 1.16 bits per heavy atom. The van der Waals surface area contributed by atoms with Crippen LogP contribution in [0.4, 0.5) is 0 Å². The number of methoxy groups -OCH3 is 1. The molecule has 0 aliphatic carbocycles. The number of carbonyl (C=O) groups is 1. The summed E-state index contributed by atoms with van der Waals surface area (Å²) in [5.41, 5.74) is 1.22. The van der Waals surface area contributed by atoms with Crippen LogP contribution in [0.25, 0.3) is 6.08 Å². The van der Waals surface area contributed by atoms with Crippen molar-refractivity contribution in [3.05, 3.63) is 52.6 Å². The van der Waals surface area contributed by atoms with Crippen molar-refractivity contribution in [2.75, 3.05) is 7.11 Å². The highest BCUT2D eigenvalue weighted by molar-refractivity contribution is 6.00. The number of Topliss-reactive ketones (excluding diaryl/α,β-unsaturated/α-hetero) is 1. The number of hydrogen-bond donors (Lipinski definition) is 2. The van der Waals surface area contributed by atoms with Gasteiger partial charge in [-0.15, -0.1) is 0 Å². The molecule has 31 heavy (non-hydrogen) atoms. The second-order valence-electron chi connectivity index (χ2n) is 9.21. The van der Waals surface area contributed by atoms with Gasteiger partial charge in [0.25, 0.3) is 0 Å². The van der Waals surface area contributed by atoms with Gasteiger partial charge in [0.15, 0.2) is 5.78 Å². The average Bonchev–Trinajstić information content (AvgIpc) is 2.68. The van der Waals surface area contributed by atoms with Gasteiger partial charge in [0.1, 0.15) is 34.2 Å². The van der Waals surface area contributed by atoms with E-state index in [0.717, 1.165) is 5.56 Å². The van der Waals surface area contributed by atoms with Gasteiger partial charge in [-0.25, -0.2) is 0 Å². The Morgan fingerprint density at radius 2 is 1.90 bits per heavy atom. The lowest BCUT2D eigenvalue weighted by molar-refractivity contribution is -0.0412. The van der Waals surface area contributed by atoms with Gasteiger partial charge < -0.3 is 24.4 Å². The molecular weight excluding hydrogens is 396 g/mol. The fourth-order valence-corrected chi connectivity index (χ4v) is 4.02. The Hall–Kier alpha value is -2.99. The van der Waals surface area contributed by atoms with E-state index in [9.17, 15) is 15.0 Å². The number of benzene rings is 2. The molecule has 0 fully saturated rings. The van der Waals surface area contributed by atoms with Gasteiger partial charge >= 0.3 is 0 Å². The fraction of sp³-hybridized carbons (Fsp3) is 0.400. The first-order valence-corrected chi connectivity index (χ1v) is 10.3. The lowest BCUT2D eigenvalue weighted by Crippen LogP contribution is -2.46. The molecule has 2 N–H and O–H groups in total. The van der Waals surface area contributed by atoms with Crippen molar-refractivity contribution in [2.45, 2.75) is 57.8 Å². The van der Waals surface area contributed by atoms with Crippen LogP contribution in [-0.4, -0.2) is 40.4 Å². The van der Waals surface area contributed by atoms with Gasteiger partial charge in [-0.3, -0.25) is 4.79 Å². The van der Waals surface area contributed by atoms with Crippen LogP contribution in [0.2, 0.25) is 0 Å². The number of ether oxygens (including phenoxy) is 3. The van der Waals surface area contributed by atoms with E-state index < -0.39 is 17.3 Å². The molecular formula is C25H28O6. The lowest BCUT2D eigenvalue weighted by Gasteiger charge is -2.37. The molecule has 2 aliphatic rings. The third-order valence-corrected chi connectivity index (χ3v) is 5.89. The van der Waals surface area contributed by atoms with Gasteiger partial charge in [-0.05, 0) is 57.5 Å². The summed E-state index contributed by atoms with van der Waals surface area (Å²) in [6, 6.07) is 6.72. The first-order chi connectivity index (χ1) is 14.5. The number of phenolic OH excluding ortho intramolecular Hbond substituents is 1. The van der Waals surface area contributed by atoms with Crippen molar-refractivity contribution >= 4 is 11.9 Å². The topological polar surface area (TPSA) is 85.2 Å². The number of aliphatic hydroxyl groups excluding tert-OH is 1. The molecule has 0 saturated heterocycles. The van der Waals surface area contributed by atoms with Gasteiger partial charge in [-0.2, -0.15) is 0 Å². The van der Waals surface area contributed by atoms with Gasteiger partial charge in [0.2, 0.25) is 0 Å². The zero-order chi connectivity index (χ0) is 22.6. The Balaban J connectivity index is 1.65. The first-order valence-electron chi connectivity index (χ1n) is 10.3. The number of ketones is 1. The maximum Gasteiger partial charge on any atom is 0.171 e. The van der Waals surface area contributed by atoms with Crippen LogP contribution in [0.3, 0.4) is 0 Å². The SMILES string of the molecule is COc1c(CC(=O)c2cc3c(cc2O)OC(C)(C)C(O)C3)ccc2c1C=CC(C)(C)O2. The minimum Gasteiger partial charge on any atom is -0.507 e.